The monoisotopic (exact) mass is 257 g/mol. The number of benzene rings is 2. The summed E-state index contributed by atoms with van der Waals surface area (Å²) < 4.78 is 26.5. The SMILES string of the molecule is Fc1ccc(-c2nc(-c3ccccc3)n[nH]2)c(F)c1. The number of H-pyrrole nitrogens is 1. The van der Waals surface area contributed by atoms with E-state index in [1.165, 1.54) is 12.1 Å². The largest absolute Gasteiger partial charge is 0.259 e. The zero-order valence-corrected chi connectivity index (χ0v) is 9.77. The van der Waals surface area contributed by atoms with Gasteiger partial charge in [0, 0.05) is 11.6 Å². The van der Waals surface area contributed by atoms with Gasteiger partial charge < -0.3 is 0 Å². The fraction of sp³-hybridized carbons (Fsp3) is 0. The Kier molecular flexibility index (Phi) is 2.79. The highest BCUT2D eigenvalue weighted by molar-refractivity contribution is 5.61. The lowest BCUT2D eigenvalue weighted by Crippen LogP contribution is -1.88. The summed E-state index contributed by atoms with van der Waals surface area (Å²) in [6.45, 7) is 0. The van der Waals surface area contributed by atoms with Gasteiger partial charge in [0.15, 0.2) is 11.6 Å². The minimum absolute atomic E-state index is 0.191. The summed E-state index contributed by atoms with van der Waals surface area (Å²) in [7, 11) is 0. The molecule has 94 valence electrons. The molecule has 0 aliphatic carbocycles. The van der Waals surface area contributed by atoms with Gasteiger partial charge in [0.25, 0.3) is 0 Å². The topological polar surface area (TPSA) is 41.6 Å². The molecule has 0 saturated carbocycles. The fourth-order valence-corrected chi connectivity index (χ4v) is 1.78. The first kappa shape index (κ1) is 11.5. The normalized spacial score (nSPS) is 10.6. The molecule has 1 aromatic heterocycles. The minimum atomic E-state index is -0.671. The second-order valence-corrected chi connectivity index (χ2v) is 4.00. The molecule has 0 amide bonds. The van der Waals surface area contributed by atoms with Crippen molar-refractivity contribution >= 4 is 0 Å². The molecule has 1 N–H and O–H groups in total. The van der Waals surface area contributed by atoms with Gasteiger partial charge in [-0.1, -0.05) is 30.3 Å². The van der Waals surface area contributed by atoms with E-state index in [4.69, 9.17) is 0 Å². The molecule has 19 heavy (non-hydrogen) atoms. The van der Waals surface area contributed by atoms with Crippen LogP contribution >= 0.6 is 0 Å². The third-order valence-electron chi connectivity index (χ3n) is 2.70. The van der Waals surface area contributed by atoms with Crippen LogP contribution in [0, 0.1) is 11.6 Å². The molecule has 0 fully saturated rings. The van der Waals surface area contributed by atoms with Crippen molar-refractivity contribution in [1.29, 1.82) is 0 Å². The number of rotatable bonds is 2. The van der Waals surface area contributed by atoms with E-state index in [9.17, 15) is 8.78 Å². The number of hydrogen-bond donors (Lipinski definition) is 1. The highest BCUT2D eigenvalue weighted by Crippen LogP contribution is 2.22. The Morgan fingerprint density at radius 2 is 1.74 bits per heavy atom. The summed E-state index contributed by atoms with van der Waals surface area (Å²) in [5, 5.41) is 6.69. The molecule has 3 nitrogen and oxygen atoms in total. The average molecular weight is 257 g/mol. The number of aromatic nitrogens is 3. The Hall–Kier alpha value is -2.56. The number of halogens is 2. The Balaban J connectivity index is 2.02. The fourth-order valence-electron chi connectivity index (χ4n) is 1.78. The van der Waals surface area contributed by atoms with Gasteiger partial charge in [-0.2, -0.15) is 5.10 Å². The number of nitrogens with one attached hydrogen (secondary N) is 1. The summed E-state index contributed by atoms with van der Waals surface area (Å²) in [6.07, 6.45) is 0. The van der Waals surface area contributed by atoms with Gasteiger partial charge in [-0.3, -0.25) is 5.10 Å². The second-order valence-electron chi connectivity index (χ2n) is 4.00. The summed E-state index contributed by atoms with van der Waals surface area (Å²) in [4.78, 5) is 4.21. The van der Waals surface area contributed by atoms with Gasteiger partial charge in [-0.15, -0.1) is 0 Å². The number of hydrogen-bond acceptors (Lipinski definition) is 2. The Bertz CT molecular complexity index is 708. The van der Waals surface area contributed by atoms with Crippen molar-refractivity contribution < 1.29 is 8.78 Å². The van der Waals surface area contributed by atoms with Crippen LogP contribution in [0.15, 0.2) is 48.5 Å². The molecule has 3 rings (SSSR count). The van der Waals surface area contributed by atoms with E-state index in [-0.39, 0.29) is 11.4 Å². The quantitative estimate of drug-likeness (QED) is 0.764. The summed E-state index contributed by atoms with van der Waals surface area (Å²) in [6, 6.07) is 12.7. The van der Waals surface area contributed by atoms with E-state index in [1.807, 2.05) is 30.3 Å². The zero-order chi connectivity index (χ0) is 13.2. The maximum atomic E-state index is 13.6. The lowest BCUT2D eigenvalue weighted by molar-refractivity contribution is 0.585. The van der Waals surface area contributed by atoms with Crippen LogP contribution in [-0.2, 0) is 0 Å². The highest BCUT2D eigenvalue weighted by Gasteiger charge is 2.11. The third-order valence-corrected chi connectivity index (χ3v) is 2.70. The molecule has 2 aromatic carbocycles. The van der Waals surface area contributed by atoms with Crippen LogP contribution < -0.4 is 0 Å². The Morgan fingerprint density at radius 3 is 2.47 bits per heavy atom. The van der Waals surface area contributed by atoms with Crippen molar-refractivity contribution in [3.8, 4) is 22.8 Å². The van der Waals surface area contributed by atoms with Crippen LogP contribution in [0.5, 0.6) is 0 Å². The van der Waals surface area contributed by atoms with Crippen molar-refractivity contribution in [2.24, 2.45) is 0 Å². The van der Waals surface area contributed by atoms with Crippen molar-refractivity contribution in [1.82, 2.24) is 15.2 Å². The molecule has 3 aromatic rings. The molecule has 0 saturated heterocycles. The molecule has 1 heterocycles. The Labute approximate surface area is 107 Å². The molecular weight excluding hydrogens is 248 g/mol. The van der Waals surface area contributed by atoms with Gasteiger partial charge in [-0.05, 0) is 12.1 Å². The zero-order valence-electron chi connectivity index (χ0n) is 9.77. The molecular formula is C14H9F2N3. The van der Waals surface area contributed by atoms with Gasteiger partial charge in [-0.25, -0.2) is 13.8 Å². The van der Waals surface area contributed by atoms with Crippen LogP contribution in [-0.4, -0.2) is 15.2 Å². The molecule has 0 radical (unpaired) electrons. The van der Waals surface area contributed by atoms with E-state index < -0.39 is 11.6 Å². The predicted octanol–water partition coefficient (Wildman–Crippen LogP) is 3.42. The van der Waals surface area contributed by atoms with Crippen LogP contribution in [0.4, 0.5) is 8.78 Å². The number of nitrogens with zero attached hydrogens (tertiary/aromatic N) is 2. The predicted molar refractivity (Wildman–Crippen MR) is 67.2 cm³/mol. The molecule has 0 aliphatic rings. The molecule has 0 bridgehead atoms. The molecule has 5 heteroatoms. The lowest BCUT2D eigenvalue weighted by atomic mass is 10.2. The van der Waals surface area contributed by atoms with Crippen LogP contribution in [0.2, 0.25) is 0 Å². The van der Waals surface area contributed by atoms with E-state index >= 15 is 0 Å². The molecule has 0 unspecified atom stereocenters. The van der Waals surface area contributed by atoms with Crippen LogP contribution in [0.3, 0.4) is 0 Å². The third kappa shape index (κ3) is 2.22. The van der Waals surface area contributed by atoms with Gasteiger partial charge in [0.05, 0.1) is 5.56 Å². The standard InChI is InChI=1S/C14H9F2N3/c15-10-6-7-11(12(16)8-10)14-17-13(18-19-14)9-4-2-1-3-5-9/h1-8H,(H,17,18,19). The van der Waals surface area contributed by atoms with E-state index in [0.717, 1.165) is 11.6 Å². The van der Waals surface area contributed by atoms with E-state index in [0.29, 0.717) is 5.82 Å². The first-order chi connectivity index (χ1) is 9.24. The Morgan fingerprint density at radius 1 is 0.947 bits per heavy atom. The van der Waals surface area contributed by atoms with Crippen molar-refractivity contribution in [3.05, 3.63) is 60.2 Å². The first-order valence-electron chi connectivity index (χ1n) is 5.67. The van der Waals surface area contributed by atoms with E-state index in [1.54, 1.807) is 0 Å². The van der Waals surface area contributed by atoms with E-state index in [2.05, 4.69) is 15.2 Å². The van der Waals surface area contributed by atoms with Crippen LogP contribution in [0.25, 0.3) is 22.8 Å². The number of aromatic amines is 1. The van der Waals surface area contributed by atoms with Gasteiger partial charge in [0.2, 0.25) is 0 Å². The van der Waals surface area contributed by atoms with Crippen molar-refractivity contribution in [3.63, 3.8) is 0 Å². The average Bonchev–Trinajstić information content (AvgIpc) is 2.89. The highest BCUT2D eigenvalue weighted by atomic mass is 19.1. The summed E-state index contributed by atoms with van der Waals surface area (Å²) in [5.74, 6) is -0.546. The molecule has 0 atom stereocenters. The minimum Gasteiger partial charge on any atom is -0.259 e. The van der Waals surface area contributed by atoms with Gasteiger partial charge >= 0.3 is 0 Å². The van der Waals surface area contributed by atoms with Crippen molar-refractivity contribution in [2.45, 2.75) is 0 Å². The smallest absolute Gasteiger partial charge is 0.181 e. The van der Waals surface area contributed by atoms with Gasteiger partial charge in [0.1, 0.15) is 11.6 Å². The molecule has 0 aliphatic heterocycles. The van der Waals surface area contributed by atoms with Crippen LogP contribution in [0.1, 0.15) is 0 Å². The maximum absolute atomic E-state index is 13.6. The first-order valence-corrected chi connectivity index (χ1v) is 5.67. The second kappa shape index (κ2) is 4.61. The van der Waals surface area contributed by atoms with Crippen molar-refractivity contribution in [2.75, 3.05) is 0 Å². The molecule has 0 spiro atoms. The maximum Gasteiger partial charge on any atom is 0.181 e. The summed E-state index contributed by atoms with van der Waals surface area (Å²) >= 11 is 0. The lowest BCUT2D eigenvalue weighted by Gasteiger charge is -1.98. The summed E-state index contributed by atoms with van der Waals surface area (Å²) in [5.41, 5.74) is 1.02.